The Morgan fingerprint density at radius 3 is 2.87 bits per heavy atom. The molecule has 2 aliphatic rings. The third-order valence-corrected chi connectivity index (χ3v) is 4.79. The average Bonchev–Trinajstić information content (AvgIpc) is 3.14. The third kappa shape index (κ3) is 3.20. The summed E-state index contributed by atoms with van der Waals surface area (Å²) >= 11 is 0. The molecule has 0 aliphatic carbocycles. The molecule has 4 rings (SSSR count). The molecule has 0 saturated carbocycles. The molecule has 0 spiro atoms. The number of piperazine rings is 1. The van der Waals surface area contributed by atoms with Crippen molar-refractivity contribution in [2.45, 2.75) is 25.1 Å². The van der Waals surface area contributed by atoms with Gasteiger partial charge in [0.15, 0.2) is 5.75 Å². The molecule has 2 aromatic heterocycles. The number of rotatable bonds is 4. The van der Waals surface area contributed by atoms with Crippen LogP contribution in [0.2, 0.25) is 0 Å². The second-order valence-corrected chi connectivity index (χ2v) is 6.39. The molecule has 0 N–H and O–H groups in total. The summed E-state index contributed by atoms with van der Waals surface area (Å²) in [6, 6.07) is 0.568. The van der Waals surface area contributed by atoms with Gasteiger partial charge in [-0.1, -0.05) is 0 Å². The summed E-state index contributed by atoms with van der Waals surface area (Å²) < 4.78 is 8.13. The van der Waals surface area contributed by atoms with Gasteiger partial charge in [-0.15, -0.1) is 0 Å². The van der Waals surface area contributed by atoms with Gasteiger partial charge in [-0.25, -0.2) is 15.0 Å². The molecule has 0 aromatic carbocycles. The lowest BCUT2D eigenvalue weighted by atomic mass is 10.1. The molecule has 2 aromatic rings. The Bertz CT molecular complexity index is 645. The van der Waals surface area contributed by atoms with E-state index in [0.717, 1.165) is 50.7 Å². The van der Waals surface area contributed by atoms with Crippen LogP contribution in [0, 0.1) is 0 Å². The second kappa shape index (κ2) is 6.25. The number of fused-ring (bicyclic) bond motifs is 1. The quantitative estimate of drug-likeness (QED) is 0.821. The molecule has 2 fully saturated rings. The van der Waals surface area contributed by atoms with Crippen molar-refractivity contribution in [3.63, 3.8) is 0 Å². The van der Waals surface area contributed by atoms with Gasteiger partial charge in [0.1, 0.15) is 18.3 Å². The van der Waals surface area contributed by atoms with E-state index in [2.05, 4.69) is 36.4 Å². The maximum atomic E-state index is 6.03. The molecule has 0 unspecified atom stereocenters. The molecule has 122 valence electrons. The number of nitrogens with zero attached hydrogens (tertiary/aromatic N) is 6. The Kier molecular flexibility index (Phi) is 3.97. The van der Waals surface area contributed by atoms with Crippen molar-refractivity contribution in [3.05, 3.63) is 36.9 Å². The van der Waals surface area contributed by atoms with Crippen LogP contribution in [0.1, 0.15) is 12.2 Å². The lowest BCUT2D eigenvalue weighted by Gasteiger charge is -2.36. The lowest BCUT2D eigenvalue weighted by Crippen LogP contribution is -2.49. The van der Waals surface area contributed by atoms with Gasteiger partial charge in [0.2, 0.25) is 0 Å². The molecule has 0 radical (unpaired) electrons. The van der Waals surface area contributed by atoms with Gasteiger partial charge < -0.3 is 9.30 Å². The molecule has 7 nitrogen and oxygen atoms in total. The minimum atomic E-state index is 0.235. The van der Waals surface area contributed by atoms with Crippen molar-refractivity contribution in [3.8, 4) is 5.75 Å². The number of hydrogen-bond donors (Lipinski definition) is 0. The smallest absolute Gasteiger partial charge is 0.156 e. The van der Waals surface area contributed by atoms with Gasteiger partial charge in [-0.2, -0.15) is 0 Å². The Balaban J connectivity index is 1.34. The van der Waals surface area contributed by atoms with Crippen LogP contribution in [0.15, 0.2) is 31.1 Å². The Morgan fingerprint density at radius 1 is 1.22 bits per heavy atom. The van der Waals surface area contributed by atoms with E-state index in [1.807, 2.05) is 12.4 Å². The predicted molar refractivity (Wildman–Crippen MR) is 84.9 cm³/mol. The van der Waals surface area contributed by atoms with Crippen molar-refractivity contribution in [2.24, 2.45) is 7.05 Å². The summed E-state index contributed by atoms with van der Waals surface area (Å²) in [4.78, 5) is 17.5. The number of aromatic nitrogens is 4. The first kappa shape index (κ1) is 14.6. The number of aryl methyl sites for hydroxylation is 1. The molecule has 2 atom stereocenters. The minimum absolute atomic E-state index is 0.235. The molecule has 2 saturated heterocycles. The van der Waals surface area contributed by atoms with Crippen LogP contribution >= 0.6 is 0 Å². The van der Waals surface area contributed by atoms with E-state index in [4.69, 9.17) is 4.74 Å². The fourth-order valence-electron chi connectivity index (χ4n) is 3.58. The largest absolute Gasteiger partial charge is 0.486 e. The van der Waals surface area contributed by atoms with Gasteiger partial charge in [0, 0.05) is 58.1 Å². The third-order valence-electron chi connectivity index (χ3n) is 4.79. The van der Waals surface area contributed by atoms with Gasteiger partial charge >= 0.3 is 0 Å². The summed E-state index contributed by atoms with van der Waals surface area (Å²) in [5.41, 5.74) is 0. The molecule has 0 bridgehead atoms. The van der Waals surface area contributed by atoms with Crippen LogP contribution in [0.3, 0.4) is 0 Å². The van der Waals surface area contributed by atoms with Gasteiger partial charge in [-0.3, -0.25) is 9.80 Å². The zero-order chi connectivity index (χ0) is 15.6. The highest BCUT2D eigenvalue weighted by atomic mass is 16.5. The van der Waals surface area contributed by atoms with Crippen LogP contribution < -0.4 is 4.74 Å². The van der Waals surface area contributed by atoms with E-state index < -0.39 is 0 Å². The van der Waals surface area contributed by atoms with Gasteiger partial charge in [-0.05, 0) is 0 Å². The van der Waals surface area contributed by atoms with Crippen LogP contribution in [0.5, 0.6) is 5.75 Å². The van der Waals surface area contributed by atoms with Crippen molar-refractivity contribution in [1.29, 1.82) is 0 Å². The fourth-order valence-corrected chi connectivity index (χ4v) is 3.58. The standard InChI is InChI=1S/C16H22N6O/c1-20-3-2-19-16(20)11-21-4-5-22-10-14(6-13(22)9-21)23-15-7-17-12-18-8-15/h2-3,7-8,12-14H,4-6,9-11H2,1H3/t13-,14+/m0/s1. The Morgan fingerprint density at radius 2 is 2.09 bits per heavy atom. The van der Waals surface area contributed by atoms with E-state index in [0.29, 0.717) is 6.04 Å². The SMILES string of the molecule is Cn1ccnc1CN1CCN2C[C@H](Oc3cncnc3)C[C@H]2C1. The van der Waals surface area contributed by atoms with E-state index in [-0.39, 0.29) is 6.10 Å². The van der Waals surface area contributed by atoms with E-state index in [1.165, 1.54) is 6.33 Å². The first-order valence-electron chi connectivity index (χ1n) is 8.12. The first-order chi connectivity index (χ1) is 11.3. The van der Waals surface area contributed by atoms with Crippen molar-refractivity contribution < 1.29 is 4.74 Å². The molecule has 7 heteroatoms. The van der Waals surface area contributed by atoms with Crippen LogP contribution in [0.4, 0.5) is 0 Å². The van der Waals surface area contributed by atoms with Gasteiger partial charge in [0.05, 0.1) is 18.9 Å². The topological polar surface area (TPSA) is 59.3 Å². The molecule has 2 aliphatic heterocycles. The van der Waals surface area contributed by atoms with E-state index >= 15 is 0 Å². The summed E-state index contributed by atoms with van der Waals surface area (Å²) in [6.45, 7) is 5.18. The zero-order valence-electron chi connectivity index (χ0n) is 13.4. The number of hydrogen-bond acceptors (Lipinski definition) is 6. The highest BCUT2D eigenvalue weighted by Gasteiger charge is 2.37. The molecular weight excluding hydrogens is 292 g/mol. The summed E-state index contributed by atoms with van der Waals surface area (Å²) in [7, 11) is 2.06. The summed E-state index contributed by atoms with van der Waals surface area (Å²) in [6.07, 6.45) is 10.2. The summed E-state index contributed by atoms with van der Waals surface area (Å²) in [5.74, 6) is 1.90. The van der Waals surface area contributed by atoms with Crippen LogP contribution in [0.25, 0.3) is 0 Å². The normalized spacial score (nSPS) is 25.4. The second-order valence-electron chi connectivity index (χ2n) is 6.39. The van der Waals surface area contributed by atoms with Crippen molar-refractivity contribution in [2.75, 3.05) is 26.2 Å². The Hall–Kier alpha value is -1.99. The lowest BCUT2D eigenvalue weighted by molar-refractivity contribution is 0.0953. The van der Waals surface area contributed by atoms with E-state index in [1.54, 1.807) is 12.4 Å². The predicted octanol–water partition coefficient (Wildman–Crippen LogP) is 0.548. The fraction of sp³-hybridized carbons (Fsp3) is 0.562. The minimum Gasteiger partial charge on any atom is -0.486 e. The Labute approximate surface area is 135 Å². The zero-order valence-corrected chi connectivity index (χ0v) is 13.4. The van der Waals surface area contributed by atoms with Crippen molar-refractivity contribution in [1.82, 2.24) is 29.3 Å². The number of ether oxygens (including phenoxy) is 1. The molecular formula is C16H22N6O. The van der Waals surface area contributed by atoms with Crippen LogP contribution in [-0.2, 0) is 13.6 Å². The average molecular weight is 314 g/mol. The maximum Gasteiger partial charge on any atom is 0.156 e. The van der Waals surface area contributed by atoms with E-state index in [9.17, 15) is 0 Å². The van der Waals surface area contributed by atoms with Crippen LogP contribution in [-0.4, -0.2) is 67.6 Å². The number of imidazole rings is 1. The summed E-state index contributed by atoms with van der Waals surface area (Å²) in [5, 5.41) is 0. The van der Waals surface area contributed by atoms with Crippen molar-refractivity contribution >= 4 is 0 Å². The molecule has 23 heavy (non-hydrogen) atoms. The molecule has 4 heterocycles. The highest BCUT2D eigenvalue weighted by Crippen LogP contribution is 2.25. The molecule has 0 amide bonds. The first-order valence-corrected chi connectivity index (χ1v) is 8.12. The maximum absolute atomic E-state index is 6.03. The monoisotopic (exact) mass is 314 g/mol. The highest BCUT2D eigenvalue weighted by molar-refractivity contribution is 5.11. The van der Waals surface area contributed by atoms with Gasteiger partial charge in [0.25, 0.3) is 0 Å².